The second-order valence-electron chi connectivity index (χ2n) is 4.58. The molecule has 1 unspecified atom stereocenters. The van der Waals surface area contributed by atoms with Crippen molar-refractivity contribution in [1.82, 2.24) is 10.6 Å². The lowest BCUT2D eigenvalue weighted by atomic mass is 10.0. The molecule has 1 aliphatic heterocycles. The Morgan fingerprint density at radius 2 is 2.38 bits per heavy atom. The number of hydrogen-bond donors (Lipinski definition) is 2. The first kappa shape index (κ1) is 12.0. The van der Waals surface area contributed by atoms with Crippen LogP contribution in [0.15, 0.2) is 22.7 Å². The van der Waals surface area contributed by atoms with Crippen LogP contribution in [0.4, 0.5) is 4.39 Å². The summed E-state index contributed by atoms with van der Waals surface area (Å²) in [5.41, 5.74) is 0.816. The molecule has 2 N–H and O–H groups in total. The molecule has 1 heterocycles. The highest BCUT2D eigenvalue weighted by Gasteiger charge is 2.27. The molecule has 2 rings (SSSR count). The van der Waals surface area contributed by atoms with E-state index in [0.29, 0.717) is 6.54 Å². The van der Waals surface area contributed by atoms with Gasteiger partial charge in [0.1, 0.15) is 5.82 Å². The van der Waals surface area contributed by atoms with Crippen LogP contribution in [0, 0.1) is 5.82 Å². The van der Waals surface area contributed by atoms with Crippen LogP contribution in [-0.2, 0) is 6.54 Å². The molecule has 1 aliphatic rings. The first-order valence-electron chi connectivity index (χ1n) is 5.49. The van der Waals surface area contributed by atoms with Crippen molar-refractivity contribution in [3.05, 3.63) is 34.1 Å². The standard InChI is InChI=1S/C12H16BrFN2/c1-12(4-5-15-8-12)16-7-9-2-3-10(13)6-11(9)14/h2-3,6,15-16H,4-5,7-8H2,1H3. The first-order chi connectivity index (χ1) is 7.59. The van der Waals surface area contributed by atoms with Crippen LogP contribution >= 0.6 is 15.9 Å². The van der Waals surface area contributed by atoms with E-state index >= 15 is 0 Å². The SMILES string of the molecule is CC1(NCc2ccc(Br)cc2F)CCNC1. The van der Waals surface area contributed by atoms with Crippen molar-refractivity contribution in [3.8, 4) is 0 Å². The van der Waals surface area contributed by atoms with Gasteiger partial charge in [-0.25, -0.2) is 4.39 Å². The van der Waals surface area contributed by atoms with Crippen molar-refractivity contribution < 1.29 is 4.39 Å². The van der Waals surface area contributed by atoms with E-state index in [1.165, 1.54) is 6.07 Å². The van der Waals surface area contributed by atoms with Gasteiger partial charge in [0.25, 0.3) is 0 Å². The van der Waals surface area contributed by atoms with E-state index in [4.69, 9.17) is 0 Å². The van der Waals surface area contributed by atoms with Crippen LogP contribution in [0.25, 0.3) is 0 Å². The van der Waals surface area contributed by atoms with E-state index < -0.39 is 0 Å². The average molecular weight is 287 g/mol. The molecule has 1 fully saturated rings. The third-order valence-corrected chi connectivity index (χ3v) is 3.58. The summed E-state index contributed by atoms with van der Waals surface area (Å²) in [6.45, 7) is 4.73. The normalized spacial score (nSPS) is 24.9. The Kier molecular flexibility index (Phi) is 3.62. The molecule has 0 spiro atoms. The summed E-state index contributed by atoms with van der Waals surface area (Å²) in [5.74, 6) is -0.156. The number of rotatable bonds is 3. The maximum Gasteiger partial charge on any atom is 0.128 e. The van der Waals surface area contributed by atoms with Crippen molar-refractivity contribution in [1.29, 1.82) is 0 Å². The molecule has 16 heavy (non-hydrogen) atoms. The highest BCUT2D eigenvalue weighted by molar-refractivity contribution is 9.10. The van der Waals surface area contributed by atoms with E-state index in [-0.39, 0.29) is 11.4 Å². The van der Waals surface area contributed by atoms with Crippen LogP contribution in [0.3, 0.4) is 0 Å². The van der Waals surface area contributed by atoms with E-state index in [1.54, 1.807) is 0 Å². The molecule has 0 bridgehead atoms. The van der Waals surface area contributed by atoms with Crippen LogP contribution in [0.2, 0.25) is 0 Å². The van der Waals surface area contributed by atoms with E-state index in [9.17, 15) is 4.39 Å². The number of nitrogens with one attached hydrogen (secondary N) is 2. The smallest absolute Gasteiger partial charge is 0.128 e. The maximum atomic E-state index is 13.6. The number of benzene rings is 1. The fraction of sp³-hybridized carbons (Fsp3) is 0.500. The van der Waals surface area contributed by atoms with Crippen LogP contribution < -0.4 is 10.6 Å². The zero-order valence-electron chi connectivity index (χ0n) is 9.32. The van der Waals surface area contributed by atoms with E-state index in [2.05, 4.69) is 33.5 Å². The second kappa shape index (κ2) is 4.82. The molecule has 0 radical (unpaired) electrons. The van der Waals surface area contributed by atoms with Gasteiger partial charge in [-0.1, -0.05) is 22.0 Å². The maximum absolute atomic E-state index is 13.6. The van der Waals surface area contributed by atoms with Crippen LogP contribution in [0.5, 0.6) is 0 Å². The highest BCUT2D eigenvalue weighted by Crippen LogP contribution is 2.18. The summed E-state index contributed by atoms with van der Waals surface area (Å²) in [6.07, 6.45) is 1.09. The molecule has 4 heteroatoms. The molecular weight excluding hydrogens is 271 g/mol. The third-order valence-electron chi connectivity index (χ3n) is 3.09. The summed E-state index contributed by atoms with van der Waals surface area (Å²) >= 11 is 3.25. The summed E-state index contributed by atoms with van der Waals surface area (Å²) in [6, 6.07) is 5.19. The van der Waals surface area contributed by atoms with Crippen LogP contribution in [-0.4, -0.2) is 18.6 Å². The highest BCUT2D eigenvalue weighted by atomic mass is 79.9. The van der Waals surface area contributed by atoms with Gasteiger partial charge < -0.3 is 10.6 Å². The van der Waals surface area contributed by atoms with E-state index in [0.717, 1.165) is 29.5 Å². The number of halogens is 2. The van der Waals surface area contributed by atoms with Crippen molar-refractivity contribution in [2.75, 3.05) is 13.1 Å². The van der Waals surface area contributed by atoms with Crippen molar-refractivity contribution in [2.45, 2.75) is 25.4 Å². The summed E-state index contributed by atoms with van der Waals surface area (Å²) in [4.78, 5) is 0. The van der Waals surface area contributed by atoms with Gasteiger partial charge in [-0.05, 0) is 32.0 Å². The Balaban J connectivity index is 1.99. The van der Waals surface area contributed by atoms with Gasteiger partial charge in [0.15, 0.2) is 0 Å². The van der Waals surface area contributed by atoms with Gasteiger partial charge in [-0.3, -0.25) is 0 Å². The minimum absolute atomic E-state index is 0.0967. The Hall–Kier alpha value is -0.450. The molecule has 0 saturated carbocycles. The lowest BCUT2D eigenvalue weighted by Gasteiger charge is -2.24. The lowest BCUT2D eigenvalue weighted by Crippen LogP contribution is -2.43. The van der Waals surface area contributed by atoms with Gasteiger partial charge >= 0.3 is 0 Å². The molecule has 2 nitrogen and oxygen atoms in total. The molecule has 88 valence electrons. The Morgan fingerprint density at radius 3 is 3.00 bits per heavy atom. The lowest BCUT2D eigenvalue weighted by molar-refractivity contribution is 0.382. The Labute approximate surface area is 104 Å². The largest absolute Gasteiger partial charge is 0.315 e. The summed E-state index contributed by atoms with van der Waals surface area (Å²) < 4.78 is 14.3. The second-order valence-corrected chi connectivity index (χ2v) is 5.49. The molecule has 0 aromatic heterocycles. The third kappa shape index (κ3) is 2.81. The van der Waals surface area contributed by atoms with Gasteiger partial charge in [-0.2, -0.15) is 0 Å². The minimum atomic E-state index is -0.156. The molecule has 1 saturated heterocycles. The summed E-state index contributed by atoms with van der Waals surface area (Å²) in [5, 5.41) is 6.73. The predicted octanol–water partition coefficient (Wildman–Crippen LogP) is 2.43. The van der Waals surface area contributed by atoms with Crippen molar-refractivity contribution in [2.24, 2.45) is 0 Å². The fourth-order valence-corrected chi connectivity index (χ4v) is 2.27. The molecule has 1 aromatic rings. The number of hydrogen-bond acceptors (Lipinski definition) is 2. The molecule has 0 aliphatic carbocycles. The van der Waals surface area contributed by atoms with Gasteiger partial charge in [0.2, 0.25) is 0 Å². The topological polar surface area (TPSA) is 24.1 Å². The molecule has 1 aromatic carbocycles. The van der Waals surface area contributed by atoms with Gasteiger partial charge in [0.05, 0.1) is 0 Å². The first-order valence-corrected chi connectivity index (χ1v) is 6.28. The fourth-order valence-electron chi connectivity index (χ4n) is 1.94. The molecule has 0 amide bonds. The molecule has 1 atom stereocenters. The monoisotopic (exact) mass is 286 g/mol. The minimum Gasteiger partial charge on any atom is -0.315 e. The Bertz CT molecular complexity index is 375. The quantitative estimate of drug-likeness (QED) is 0.892. The average Bonchev–Trinajstić information content (AvgIpc) is 2.64. The van der Waals surface area contributed by atoms with Gasteiger partial charge in [-0.15, -0.1) is 0 Å². The van der Waals surface area contributed by atoms with E-state index in [1.807, 2.05) is 12.1 Å². The zero-order valence-corrected chi connectivity index (χ0v) is 10.9. The van der Waals surface area contributed by atoms with Gasteiger partial charge in [0, 0.05) is 28.7 Å². The predicted molar refractivity (Wildman–Crippen MR) is 66.8 cm³/mol. The van der Waals surface area contributed by atoms with Crippen molar-refractivity contribution >= 4 is 15.9 Å². The summed E-state index contributed by atoms with van der Waals surface area (Å²) in [7, 11) is 0. The van der Waals surface area contributed by atoms with Crippen LogP contribution in [0.1, 0.15) is 18.9 Å². The van der Waals surface area contributed by atoms with Crippen molar-refractivity contribution in [3.63, 3.8) is 0 Å². The molecular formula is C12H16BrFN2. The Morgan fingerprint density at radius 1 is 1.56 bits per heavy atom. The zero-order chi connectivity index (χ0) is 11.6.